The highest BCUT2D eigenvalue weighted by molar-refractivity contribution is 4.93. The minimum Gasteiger partial charge on any atom is -0.310 e. The maximum Gasteiger partial charge on any atom is 0.0303 e. The summed E-state index contributed by atoms with van der Waals surface area (Å²) in [6.45, 7) is 15.4. The molecule has 0 aliphatic carbocycles. The summed E-state index contributed by atoms with van der Waals surface area (Å²) < 4.78 is 0. The van der Waals surface area contributed by atoms with E-state index in [2.05, 4.69) is 44.8 Å². The molecule has 1 atom stereocenters. The molecule has 0 radical (unpaired) electrons. The van der Waals surface area contributed by atoms with Gasteiger partial charge in [-0.15, -0.1) is 0 Å². The molecule has 17 heavy (non-hydrogen) atoms. The molecule has 0 aromatic rings. The highest BCUT2D eigenvalue weighted by Crippen LogP contribution is 2.24. The topological polar surface area (TPSA) is 15.3 Å². The summed E-state index contributed by atoms with van der Waals surface area (Å²) in [5.41, 5.74) is 0.360. The molecular weight excluding hydrogens is 208 g/mol. The van der Waals surface area contributed by atoms with Crippen LogP contribution in [-0.4, -0.2) is 36.1 Å². The molecule has 1 saturated heterocycles. The average molecular weight is 240 g/mol. The van der Waals surface area contributed by atoms with Gasteiger partial charge in [0, 0.05) is 18.1 Å². The Morgan fingerprint density at radius 3 is 2.29 bits per heavy atom. The van der Waals surface area contributed by atoms with E-state index >= 15 is 0 Å². The molecule has 1 unspecified atom stereocenters. The van der Waals surface area contributed by atoms with Crippen LogP contribution in [-0.2, 0) is 0 Å². The van der Waals surface area contributed by atoms with Crippen molar-refractivity contribution in [2.75, 3.05) is 19.6 Å². The molecule has 0 spiro atoms. The van der Waals surface area contributed by atoms with Crippen LogP contribution in [0.1, 0.15) is 60.3 Å². The van der Waals surface area contributed by atoms with Crippen molar-refractivity contribution in [3.05, 3.63) is 0 Å². The van der Waals surface area contributed by atoms with Gasteiger partial charge in [0.1, 0.15) is 0 Å². The van der Waals surface area contributed by atoms with E-state index in [0.29, 0.717) is 5.54 Å². The Morgan fingerprint density at radius 1 is 1.18 bits per heavy atom. The van der Waals surface area contributed by atoms with E-state index in [1.165, 1.54) is 45.3 Å². The molecule has 1 N–H and O–H groups in total. The van der Waals surface area contributed by atoms with Gasteiger partial charge >= 0.3 is 0 Å². The molecule has 0 bridgehead atoms. The lowest BCUT2D eigenvalue weighted by atomic mass is 9.90. The average Bonchev–Trinajstić information content (AvgIpc) is 2.53. The Labute approximate surface area is 108 Å². The summed E-state index contributed by atoms with van der Waals surface area (Å²) in [4.78, 5) is 2.75. The number of hydrogen-bond acceptors (Lipinski definition) is 2. The normalized spacial score (nSPS) is 23.6. The third-order valence-corrected chi connectivity index (χ3v) is 4.64. The number of nitrogens with one attached hydrogen (secondary N) is 1. The van der Waals surface area contributed by atoms with E-state index in [9.17, 15) is 0 Å². The van der Waals surface area contributed by atoms with Crippen molar-refractivity contribution in [1.29, 1.82) is 0 Å². The molecule has 0 aromatic carbocycles. The second-order valence-electron chi connectivity index (χ2n) is 5.96. The van der Waals surface area contributed by atoms with Gasteiger partial charge in [-0.1, -0.05) is 34.6 Å². The first-order valence-electron chi connectivity index (χ1n) is 7.57. The second-order valence-corrected chi connectivity index (χ2v) is 5.96. The van der Waals surface area contributed by atoms with Gasteiger partial charge in [0.15, 0.2) is 0 Å². The molecule has 2 heteroatoms. The van der Waals surface area contributed by atoms with Crippen LogP contribution in [0.15, 0.2) is 0 Å². The molecule has 0 saturated carbocycles. The van der Waals surface area contributed by atoms with Crippen LogP contribution < -0.4 is 5.32 Å². The number of nitrogens with zero attached hydrogens (tertiary/aromatic N) is 1. The third-order valence-electron chi connectivity index (χ3n) is 4.64. The van der Waals surface area contributed by atoms with Crippen molar-refractivity contribution >= 4 is 0 Å². The van der Waals surface area contributed by atoms with E-state index in [0.717, 1.165) is 12.0 Å². The Morgan fingerprint density at radius 2 is 1.82 bits per heavy atom. The van der Waals surface area contributed by atoms with Crippen molar-refractivity contribution in [2.45, 2.75) is 71.9 Å². The van der Waals surface area contributed by atoms with Gasteiger partial charge in [0.05, 0.1) is 0 Å². The fourth-order valence-electron chi connectivity index (χ4n) is 3.32. The molecule has 1 aliphatic rings. The molecule has 2 nitrogen and oxygen atoms in total. The summed E-state index contributed by atoms with van der Waals surface area (Å²) in [6, 6.07) is 0.757. The van der Waals surface area contributed by atoms with E-state index < -0.39 is 0 Å². The minimum atomic E-state index is 0.360. The fourth-order valence-corrected chi connectivity index (χ4v) is 3.32. The summed E-state index contributed by atoms with van der Waals surface area (Å²) in [6.07, 6.45) is 5.06. The van der Waals surface area contributed by atoms with Crippen molar-refractivity contribution in [3.8, 4) is 0 Å². The fraction of sp³-hybridized carbons (Fsp3) is 1.00. The van der Waals surface area contributed by atoms with Crippen LogP contribution in [0.4, 0.5) is 0 Å². The van der Waals surface area contributed by atoms with E-state index in [-0.39, 0.29) is 0 Å². The zero-order chi connectivity index (χ0) is 12.9. The SMILES string of the molecule is CCC(C(C)C)N1CCCNC(CC)(CC)C1. The minimum absolute atomic E-state index is 0.360. The van der Waals surface area contributed by atoms with Gasteiger partial charge in [-0.05, 0) is 44.7 Å². The van der Waals surface area contributed by atoms with Gasteiger partial charge in [-0.25, -0.2) is 0 Å². The van der Waals surface area contributed by atoms with Crippen LogP contribution in [0.2, 0.25) is 0 Å². The maximum absolute atomic E-state index is 3.80. The van der Waals surface area contributed by atoms with Crippen LogP contribution in [0, 0.1) is 5.92 Å². The van der Waals surface area contributed by atoms with E-state index in [1.807, 2.05) is 0 Å². The largest absolute Gasteiger partial charge is 0.310 e. The first-order chi connectivity index (χ1) is 8.08. The molecule has 1 aliphatic heterocycles. The molecule has 1 heterocycles. The van der Waals surface area contributed by atoms with Gasteiger partial charge in [-0.3, -0.25) is 4.90 Å². The Kier molecular flexibility index (Phi) is 5.94. The van der Waals surface area contributed by atoms with Gasteiger partial charge in [0.25, 0.3) is 0 Å². The molecule has 102 valence electrons. The molecule has 0 amide bonds. The first-order valence-corrected chi connectivity index (χ1v) is 7.57. The Balaban J connectivity index is 2.77. The Hall–Kier alpha value is -0.0800. The first kappa shape index (κ1) is 15.0. The lowest BCUT2D eigenvalue weighted by Crippen LogP contribution is -2.53. The third kappa shape index (κ3) is 3.69. The van der Waals surface area contributed by atoms with Crippen molar-refractivity contribution < 1.29 is 0 Å². The van der Waals surface area contributed by atoms with Gasteiger partial charge in [0.2, 0.25) is 0 Å². The highest BCUT2D eigenvalue weighted by atomic mass is 15.2. The highest BCUT2D eigenvalue weighted by Gasteiger charge is 2.33. The van der Waals surface area contributed by atoms with Gasteiger partial charge in [-0.2, -0.15) is 0 Å². The summed E-state index contributed by atoms with van der Waals surface area (Å²) >= 11 is 0. The van der Waals surface area contributed by atoms with Crippen LogP contribution in [0.25, 0.3) is 0 Å². The zero-order valence-electron chi connectivity index (χ0n) is 12.6. The van der Waals surface area contributed by atoms with Crippen LogP contribution in [0.5, 0.6) is 0 Å². The predicted molar refractivity (Wildman–Crippen MR) is 76.4 cm³/mol. The quantitative estimate of drug-likeness (QED) is 0.793. The molecule has 0 aromatic heterocycles. The van der Waals surface area contributed by atoms with Crippen LogP contribution in [0.3, 0.4) is 0 Å². The lowest BCUT2D eigenvalue weighted by Gasteiger charge is -2.40. The second kappa shape index (κ2) is 6.75. The lowest BCUT2D eigenvalue weighted by molar-refractivity contribution is 0.116. The van der Waals surface area contributed by atoms with Gasteiger partial charge < -0.3 is 5.32 Å². The Bertz CT molecular complexity index is 209. The van der Waals surface area contributed by atoms with Crippen molar-refractivity contribution in [2.24, 2.45) is 5.92 Å². The maximum atomic E-state index is 3.80. The molecule has 1 rings (SSSR count). The summed E-state index contributed by atoms with van der Waals surface area (Å²) in [5.74, 6) is 0.768. The smallest absolute Gasteiger partial charge is 0.0303 e. The summed E-state index contributed by atoms with van der Waals surface area (Å²) in [7, 11) is 0. The number of rotatable bonds is 5. The monoisotopic (exact) mass is 240 g/mol. The van der Waals surface area contributed by atoms with Crippen LogP contribution >= 0.6 is 0 Å². The predicted octanol–water partition coefficient (Wildman–Crippen LogP) is 3.28. The summed E-state index contributed by atoms with van der Waals surface area (Å²) in [5, 5.41) is 3.80. The zero-order valence-corrected chi connectivity index (χ0v) is 12.6. The molecule has 1 fully saturated rings. The number of hydrogen-bond donors (Lipinski definition) is 1. The van der Waals surface area contributed by atoms with Crippen molar-refractivity contribution in [3.63, 3.8) is 0 Å². The van der Waals surface area contributed by atoms with E-state index in [1.54, 1.807) is 0 Å². The standard InChI is InChI=1S/C15H32N2/c1-6-14(13(4)5)17-11-9-10-16-15(7-2,8-3)12-17/h13-14,16H,6-12H2,1-5H3. The van der Waals surface area contributed by atoms with Crippen molar-refractivity contribution in [1.82, 2.24) is 10.2 Å². The molecular formula is C15H32N2. The van der Waals surface area contributed by atoms with E-state index in [4.69, 9.17) is 0 Å².